The van der Waals surface area contributed by atoms with Gasteiger partial charge in [0.1, 0.15) is 5.75 Å². The van der Waals surface area contributed by atoms with Crippen molar-refractivity contribution in [2.24, 2.45) is 11.8 Å². The van der Waals surface area contributed by atoms with Gasteiger partial charge in [-0.3, -0.25) is 0 Å². The smallest absolute Gasteiger partial charge is 0.118 e. The summed E-state index contributed by atoms with van der Waals surface area (Å²) in [4.78, 5) is 0. The predicted molar refractivity (Wildman–Crippen MR) is 67.8 cm³/mol. The quantitative estimate of drug-likeness (QED) is 0.679. The van der Waals surface area contributed by atoms with Gasteiger partial charge in [-0.25, -0.2) is 0 Å². The monoisotopic (exact) mass is 216 g/mol. The Labute approximate surface area is 98.1 Å². The summed E-state index contributed by atoms with van der Waals surface area (Å²) in [5.74, 6) is 2.96. The van der Waals surface area contributed by atoms with Crippen molar-refractivity contribution < 1.29 is 4.74 Å². The SMILES string of the molecule is COc1ccc([C@H]2[C@@H](C)C=CC[C@@H]2C)cc1. The van der Waals surface area contributed by atoms with Crippen LogP contribution in [-0.4, -0.2) is 7.11 Å². The topological polar surface area (TPSA) is 9.23 Å². The van der Waals surface area contributed by atoms with Crippen LogP contribution in [0.3, 0.4) is 0 Å². The third-order valence-corrected chi connectivity index (χ3v) is 3.63. The van der Waals surface area contributed by atoms with Crippen molar-refractivity contribution in [2.45, 2.75) is 26.2 Å². The van der Waals surface area contributed by atoms with Gasteiger partial charge in [0.05, 0.1) is 7.11 Å². The zero-order chi connectivity index (χ0) is 11.5. The highest BCUT2D eigenvalue weighted by Gasteiger charge is 2.25. The van der Waals surface area contributed by atoms with E-state index in [1.807, 2.05) is 0 Å². The summed E-state index contributed by atoms with van der Waals surface area (Å²) in [6.45, 7) is 4.65. The first kappa shape index (κ1) is 11.3. The van der Waals surface area contributed by atoms with Crippen LogP contribution in [0.15, 0.2) is 36.4 Å². The Hall–Kier alpha value is -1.24. The van der Waals surface area contributed by atoms with Crippen LogP contribution in [0.1, 0.15) is 31.7 Å². The van der Waals surface area contributed by atoms with Gasteiger partial charge in [-0.05, 0) is 41.9 Å². The number of ether oxygens (including phenoxy) is 1. The fraction of sp³-hybridized carbons (Fsp3) is 0.467. The van der Waals surface area contributed by atoms with Crippen molar-refractivity contribution in [2.75, 3.05) is 7.11 Å². The molecule has 0 aromatic heterocycles. The van der Waals surface area contributed by atoms with E-state index in [1.54, 1.807) is 7.11 Å². The molecule has 0 N–H and O–H groups in total. The summed E-state index contributed by atoms with van der Waals surface area (Å²) >= 11 is 0. The molecule has 2 rings (SSSR count). The summed E-state index contributed by atoms with van der Waals surface area (Å²) in [5, 5.41) is 0. The third kappa shape index (κ3) is 2.13. The second-order valence-corrected chi connectivity index (χ2v) is 4.80. The van der Waals surface area contributed by atoms with E-state index in [0.29, 0.717) is 11.8 Å². The van der Waals surface area contributed by atoms with Gasteiger partial charge in [0.15, 0.2) is 0 Å². The van der Waals surface area contributed by atoms with Gasteiger partial charge < -0.3 is 4.74 Å². The van der Waals surface area contributed by atoms with Crippen LogP contribution >= 0.6 is 0 Å². The number of allylic oxidation sites excluding steroid dienone is 2. The number of methoxy groups -OCH3 is 1. The minimum Gasteiger partial charge on any atom is -0.497 e. The van der Waals surface area contributed by atoms with Crippen LogP contribution in [0.4, 0.5) is 0 Å². The lowest BCUT2D eigenvalue weighted by Crippen LogP contribution is -2.19. The number of hydrogen-bond acceptors (Lipinski definition) is 1. The summed E-state index contributed by atoms with van der Waals surface area (Å²) in [5.41, 5.74) is 1.44. The summed E-state index contributed by atoms with van der Waals surface area (Å²) in [6.07, 6.45) is 5.85. The van der Waals surface area contributed by atoms with Crippen LogP contribution in [0.2, 0.25) is 0 Å². The average molecular weight is 216 g/mol. The van der Waals surface area contributed by atoms with Gasteiger partial charge >= 0.3 is 0 Å². The zero-order valence-corrected chi connectivity index (χ0v) is 10.3. The average Bonchev–Trinajstić information content (AvgIpc) is 2.30. The minimum absolute atomic E-state index is 0.636. The second-order valence-electron chi connectivity index (χ2n) is 4.80. The molecule has 0 amide bonds. The van der Waals surface area contributed by atoms with Crippen molar-refractivity contribution in [1.29, 1.82) is 0 Å². The van der Waals surface area contributed by atoms with E-state index in [0.717, 1.165) is 11.7 Å². The molecule has 0 aliphatic heterocycles. The van der Waals surface area contributed by atoms with E-state index in [1.165, 1.54) is 12.0 Å². The Morgan fingerprint density at radius 1 is 1.12 bits per heavy atom. The van der Waals surface area contributed by atoms with Crippen molar-refractivity contribution in [1.82, 2.24) is 0 Å². The van der Waals surface area contributed by atoms with E-state index in [9.17, 15) is 0 Å². The van der Waals surface area contributed by atoms with Crippen molar-refractivity contribution in [3.8, 4) is 5.75 Å². The normalized spacial score (nSPS) is 29.1. The number of rotatable bonds is 2. The first-order valence-electron chi connectivity index (χ1n) is 6.03. The Morgan fingerprint density at radius 2 is 1.81 bits per heavy atom. The predicted octanol–water partition coefficient (Wildman–Crippen LogP) is 4.01. The van der Waals surface area contributed by atoms with Gasteiger partial charge in [-0.2, -0.15) is 0 Å². The largest absolute Gasteiger partial charge is 0.497 e. The minimum atomic E-state index is 0.636. The zero-order valence-electron chi connectivity index (χ0n) is 10.3. The molecule has 1 heteroatoms. The van der Waals surface area contributed by atoms with Crippen molar-refractivity contribution in [3.05, 3.63) is 42.0 Å². The number of benzene rings is 1. The Bertz CT molecular complexity index is 364. The van der Waals surface area contributed by atoms with Crippen LogP contribution in [-0.2, 0) is 0 Å². The molecule has 1 nitrogen and oxygen atoms in total. The van der Waals surface area contributed by atoms with Crippen molar-refractivity contribution in [3.63, 3.8) is 0 Å². The fourth-order valence-corrected chi connectivity index (χ4v) is 2.75. The molecule has 0 unspecified atom stereocenters. The number of hydrogen-bond donors (Lipinski definition) is 0. The Kier molecular flexibility index (Phi) is 3.33. The van der Waals surface area contributed by atoms with Crippen LogP contribution in [0, 0.1) is 11.8 Å². The molecule has 0 saturated carbocycles. The molecule has 0 spiro atoms. The van der Waals surface area contributed by atoms with E-state index in [4.69, 9.17) is 4.74 Å². The molecule has 0 saturated heterocycles. The summed E-state index contributed by atoms with van der Waals surface area (Å²) < 4.78 is 5.20. The molecule has 86 valence electrons. The van der Waals surface area contributed by atoms with E-state index >= 15 is 0 Å². The summed E-state index contributed by atoms with van der Waals surface area (Å²) in [6, 6.07) is 8.53. The van der Waals surface area contributed by atoms with Crippen LogP contribution in [0.5, 0.6) is 5.75 Å². The maximum Gasteiger partial charge on any atom is 0.118 e. The lowest BCUT2D eigenvalue weighted by atomic mass is 9.74. The molecule has 1 aromatic carbocycles. The molecule has 16 heavy (non-hydrogen) atoms. The molecule has 1 aliphatic carbocycles. The molecule has 0 bridgehead atoms. The molecule has 1 aliphatic rings. The molecular weight excluding hydrogens is 196 g/mol. The molecular formula is C15H20O. The van der Waals surface area contributed by atoms with E-state index in [2.05, 4.69) is 50.3 Å². The highest BCUT2D eigenvalue weighted by atomic mass is 16.5. The molecule has 3 atom stereocenters. The molecule has 0 fully saturated rings. The lowest BCUT2D eigenvalue weighted by molar-refractivity contribution is 0.372. The van der Waals surface area contributed by atoms with Gasteiger partial charge in [0.2, 0.25) is 0 Å². The van der Waals surface area contributed by atoms with E-state index < -0.39 is 0 Å². The maximum atomic E-state index is 5.20. The van der Waals surface area contributed by atoms with Crippen molar-refractivity contribution >= 4 is 0 Å². The molecule has 0 radical (unpaired) electrons. The van der Waals surface area contributed by atoms with Gasteiger partial charge in [0.25, 0.3) is 0 Å². The molecule has 1 aromatic rings. The van der Waals surface area contributed by atoms with Crippen LogP contribution in [0.25, 0.3) is 0 Å². The third-order valence-electron chi connectivity index (χ3n) is 3.63. The van der Waals surface area contributed by atoms with Gasteiger partial charge in [-0.1, -0.05) is 38.1 Å². The van der Waals surface area contributed by atoms with Crippen LogP contribution < -0.4 is 4.74 Å². The lowest BCUT2D eigenvalue weighted by Gasteiger charge is -2.31. The fourth-order valence-electron chi connectivity index (χ4n) is 2.75. The standard InChI is InChI=1S/C15H20O/c1-11-5-4-6-12(2)15(11)13-7-9-14(16-3)10-8-13/h4-5,7-12,15H,6H2,1-3H3/t11-,12-,15-/m0/s1. The Morgan fingerprint density at radius 3 is 2.38 bits per heavy atom. The second kappa shape index (κ2) is 4.73. The van der Waals surface area contributed by atoms with Gasteiger partial charge in [0, 0.05) is 0 Å². The van der Waals surface area contributed by atoms with E-state index in [-0.39, 0.29) is 0 Å². The first-order chi connectivity index (χ1) is 7.72. The maximum absolute atomic E-state index is 5.20. The van der Waals surface area contributed by atoms with Gasteiger partial charge in [-0.15, -0.1) is 0 Å². The highest BCUT2D eigenvalue weighted by Crippen LogP contribution is 2.38. The molecule has 0 heterocycles. The Balaban J connectivity index is 2.24. The first-order valence-corrected chi connectivity index (χ1v) is 6.03. The summed E-state index contributed by atoms with van der Waals surface area (Å²) in [7, 11) is 1.71. The highest BCUT2D eigenvalue weighted by molar-refractivity contribution is 5.31.